The van der Waals surface area contributed by atoms with E-state index in [1.165, 1.54) is 16.8 Å². The molecule has 1 saturated carbocycles. The van der Waals surface area contributed by atoms with Crippen LogP contribution in [0.5, 0.6) is 5.75 Å². The van der Waals surface area contributed by atoms with Gasteiger partial charge in [-0.3, -0.25) is 9.89 Å². The number of carbonyl (C=O) groups excluding carboxylic acids is 1. The number of aromatic amines is 1. The van der Waals surface area contributed by atoms with Gasteiger partial charge in [0.2, 0.25) is 0 Å². The number of nitrogens with zero attached hydrogens (tertiary/aromatic N) is 3. The van der Waals surface area contributed by atoms with Crippen molar-refractivity contribution in [2.45, 2.75) is 57.4 Å². The van der Waals surface area contributed by atoms with Crippen molar-refractivity contribution in [2.75, 3.05) is 0 Å². The van der Waals surface area contributed by atoms with Crippen LogP contribution in [0, 0.1) is 11.3 Å². The number of aromatic nitrogens is 3. The number of carbonyl (C=O) groups is 1. The van der Waals surface area contributed by atoms with Gasteiger partial charge in [-0.2, -0.15) is 5.26 Å². The summed E-state index contributed by atoms with van der Waals surface area (Å²) >= 11 is 12.4. The van der Waals surface area contributed by atoms with Crippen LogP contribution in [0.25, 0.3) is 27.9 Å². The first-order valence-electron chi connectivity index (χ1n) is 12.9. The Balaban J connectivity index is 1.59. The number of nitrogens with two attached hydrogens (primary N) is 1. The molecule has 2 aromatic carbocycles. The molecule has 200 valence electrons. The molecule has 0 radical (unpaired) electrons. The molecule has 4 aromatic rings. The highest BCUT2D eigenvalue weighted by Gasteiger charge is 2.31. The number of fused-ring (bicyclic) bond motifs is 1. The fourth-order valence-electron chi connectivity index (χ4n) is 4.64. The molecule has 0 saturated heterocycles. The third kappa shape index (κ3) is 5.44. The molecule has 10 heteroatoms. The molecule has 2 heterocycles. The number of ether oxygens (including phenoxy) is 1. The van der Waals surface area contributed by atoms with Gasteiger partial charge in [0.25, 0.3) is 5.56 Å². The van der Waals surface area contributed by atoms with Crippen molar-refractivity contribution < 1.29 is 9.53 Å². The second-order valence-corrected chi connectivity index (χ2v) is 10.6. The number of H-pyrrole nitrogens is 1. The zero-order chi connectivity index (χ0) is 27.7. The minimum absolute atomic E-state index is 0.0857. The Kier molecular flexibility index (Phi) is 7.76. The van der Waals surface area contributed by atoms with E-state index in [0.29, 0.717) is 27.7 Å². The SMILES string of the molecule is CCCCC[C@@H](N)C(=O)Oc1cc(C#N)ccc1-c1cnc2c(-c3ccc(Cl)c(Cl)c3)c(C3CC3)[nH]n2c1=O. The molecule has 1 fully saturated rings. The quantitative estimate of drug-likeness (QED) is 0.141. The largest absolute Gasteiger partial charge is 0.425 e. The van der Waals surface area contributed by atoms with Crippen LogP contribution >= 0.6 is 23.2 Å². The molecule has 0 unspecified atom stereocenters. The van der Waals surface area contributed by atoms with E-state index in [-0.39, 0.29) is 28.4 Å². The first-order chi connectivity index (χ1) is 18.8. The maximum atomic E-state index is 13.8. The van der Waals surface area contributed by atoms with Crippen LogP contribution in [0.4, 0.5) is 0 Å². The van der Waals surface area contributed by atoms with Crippen LogP contribution in [0.15, 0.2) is 47.4 Å². The van der Waals surface area contributed by atoms with Crippen molar-refractivity contribution in [3.05, 3.63) is 74.3 Å². The third-order valence-electron chi connectivity index (χ3n) is 6.91. The molecule has 8 nitrogen and oxygen atoms in total. The van der Waals surface area contributed by atoms with Gasteiger partial charge in [-0.1, -0.05) is 55.5 Å². The van der Waals surface area contributed by atoms with Crippen molar-refractivity contribution in [3.8, 4) is 34.1 Å². The Morgan fingerprint density at radius 2 is 2.00 bits per heavy atom. The number of benzene rings is 2. The number of unbranched alkanes of at least 4 members (excludes halogenated alkanes) is 2. The van der Waals surface area contributed by atoms with Crippen LogP contribution in [0.1, 0.15) is 62.6 Å². The van der Waals surface area contributed by atoms with E-state index < -0.39 is 12.0 Å². The maximum Gasteiger partial charge on any atom is 0.328 e. The normalized spacial score (nSPS) is 13.8. The summed E-state index contributed by atoms with van der Waals surface area (Å²) in [5.41, 5.74) is 9.48. The highest BCUT2D eigenvalue weighted by atomic mass is 35.5. The molecule has 0 bridgehead atoms. The van der Waals surface area contributed by atoms with Crippen molar-refractivity contribution in [3.63, 3.8) is 0 Å². The first-order valence-corrected chi connectivity index (χ1v) is 13.7. The zero-order valence-corrected chi connectivity index (χ0v) is 22.9. The lowest BCUT2D eigenvalue weighted by Gasteiger charge is -2.14. The number of hydrogen-bond acceptors (Lipinski definition) is 6. The molecule has 2 aromatic heterocycles. The number of nitriles is 1. The summed E-state index contributed by atoms with van der Waals surface area (Å²) in [6, 6.07) is 11.2. The van der Waals surface area contributed by atoms with E-state index in [4.69, 9.17) is 33.7 Å². The molecule has 1 aliphatic carbocycles. The van der Waals surface area contributed by atoms with Gasteiger partial charge < -0.3 is 10.5 Å². The smallest absolute Gasteiger partial charge is 0.328 e. The topological polar surface area (TPSA) is 126 Å². The summed E-state index contributed by atoms with van der Waals surface area (Å²) in [5, 5.41) is 13.5. The summed E-state index contributed by atoms with van der Waals surface area (Å²) in [6.45, 7) is 2.07. The average molecular weight is 564 g/mol. The monoisotopic (exact) mass is 563 g/mol. The van der Waals surface area contributed by atoms with Crippen molar-refractivity contribution in [1.82, 2.24) is 14.6 Å². The van der Waals surface area contributed by atoms with Gasteiger partial charge in [0.15, 0.2) is 5.65 Å². The third-order valence-corrected chi connectivity index (χ3v) is 7.65. The van der Waals surface area contributed by atoms with E-state index in [2.05, 4.69) is 17.0 Å². The number of nitrogens with one attached hydrogen (secondary N) is 1. The molecule has 0 amide bonds. The fourth-order valence-corrected chi connectivity index (χ4v) is 4.93. The van der Waals surface area contributed by atoms with Gasteiger partial charge in [-0.05, 0) is 55.2 Å². The van der Waals surface area contributed by atoms with Gasteiger partial charge in [0, 0.05) is 28.9 Å². The Morgan fingerprint density at radius 3 is 2.69 bits per heavy atom. The number of esters is 1. The number of rotatable bonds is 9. The van der Waals surface area contributed by atoms with Crippen LogP contribution in [-0.2, 0) is 4.79 Å². The van der Waals surface area contributed by atoms with Gasteiger partial charge >= 0.3 is 5.97 Å². The molecule has 5 rings (SSSR count). The van der Waals surface area contributed by atoms with Crippen LogP contribution in [0.3, 0.4) is 0 Å². The summed E-state index contributed by atoms with van der Waals surface area (Å²) in [7, 11) is 0. The lowest BCUT2D eigenvalue weighted by Crippen LogP contribution is -2.34. The highest BCUT2D eigenvalue weighted by molar-refractivity contribution is 6.42. The maximum absolute atomic E-state index is 13.8. The van der Waals surface area contributed by atoms with Crippen molar-refractivity contribution in [2.24, 2.45) is 5.73 Å². The van der Waals surface area contributed by atoms with Crippen LogP contribution in [-0.4, -0.2) is 26.6 Å². The lowest BCUT2D eigenvalue weighted by atomic mass is 10.0. The van der Waals surface area contributed by atoms with Crippen LogP contribution < -0.4 is 16.0 Å². The summed E-state index contributed by atoms with van der Waals surface area (Å²) < 4.78 is 7.05. The second-order valence-electron chi connectivity index (χ2n) is 9.79. The Labute approximate surface area is 235 Å². The molecular formula is C29H27Cl2N5O3. The molecule has 1 aliphatic rings. The van der Waals surface area contributed by atoms with E-state index >= 15 is 0 Å². The van der Waals surface area contributed by atoms with Gasteiger partial charge in [-0.25, -0.2) is 14.3 Å². The van der Waals surface area contributed by atoms with Gasteiger partial charge in [0.05, 0.1) is 27.2 Å². The molecule has 0 spiro atoms. The predicted molar refractivity (Wildman–Crippen MR) is 151 cm³/mol. The Morgan fingerprint density at radius 1 is 1.21 bits per heavy atom. The minimum atomic E-state index is -0.810. The second kappa shape index (κ2) is 11.2. The average Bonchev–Trinajstić information content (AvgIpc) is 3.70. The first kappa shape index (κ1) is 26.9. The standard InChI is InChI=1S/C29H27Cl2N5O3/c1-2-3-4-5-23(33)29(38)39-24-12-16(14-32)6-10-19(24)20-15-34-27-25(18-9-11-21(30)22(31)13-18)26(17-7-8-17)35-36(27)28(20)37/h6,9-13,15,17,23,35H,2-5,7-8,33H2,1H3/t23-/m1/s1. The molecule has 3 N–H and O–H groups in total. The summed E-state index contributed by atoms with van der Waals surface area (Å²) in [4.78, 5) is 31.2. The number of hydrogen-bond donors (Lipinski definition) is 2. The van der Waals surface area contributed by atoms with Crippen molar-refractivity contribution in [1.29, 1.82) is 5.26 Å². The fraction of sp³-hybridized carbons (Fsp3) is 0.310. The molecule has 0 aliphatic heterocycles. The van der Waals surface area contributed by atoms with E-state index in [1.807, 2.05) is 12.1 Å². The summed E-state index contributed by atoms with van der Waals surface area (Å²) in [6.07, 6.45) is 6.71. The Bertz CT molecular complexity index is 1670. The van der Waals surface area contributed by atoms with E-state index in [9.17, 15) is 14.9 Å². The lowest BCUT2D eigenvalue weighted by molar-refractivity contribution is -0.136. The van der Waals surface area contributed by atoms with E-state index in [0.717, 1.165) is 48.9 Å². The number of halogens is 2. The molecular weight excluding hydrogens is 537 g/mol. The highest BCUT2D eigenvalue weighted by Crippen LogP contribution is 2.45. The zero-order valence-electron chi connectivity index (χ0n) is 21.3. The minimum Gasteiger partial charge on any atom is -0.425 e. The van der Waals surface area contributed by atoms with Gasteiger partial charge in [0.1, 0.15) is 11.8 Å². The molecule has 1 atom stereocenters. The van der Waals surface area contributed by atoms with Gasteiger partial charge in [-0.15, -0.1) is 0 Å². The predicted octanol–water partition coefficient (Wildman–Crippen LogP) is 6.23. The summed E-state index contributed by atoms with van der Waals surface area (Å²) in [5.74, 6) is -0.253. The Hall–Kier alpha value is -3.64. The van der Waals surface area contributed by atoms with Crippen LogP contribution in [0.2, 0.25) is 10.0 Å². The van der Waals surface area contributed by atoms with E-state index in [1.54, 1.807) is 24.3 Å². The molecule has 39 heavy (non-hydrogen) atoms. The van der Waals surface area contributed by atoms with Crippen molar-refractivity contribution >= 4 is 34.8 Å².